The maximum Gasteiger partial charge on any atom is 0.246 e. The second-order valence-electron chi connectivity index (χ2n) is 5.08. The number of carbonyl (C=O) groups excluding carboxylic acids is 1. The zero-order valence-electron chi connectivity index (χ0n) is 11.6. The lowest BCUT2D eigenvalue weighted by atomic mass is 9.96. The van der Waals surface area contributed by atoms with E-state index in [1.165, 1.54) is 0 Å². The second-order valence-corrected chi connectivity index (χ2v) is 5.08. The van der Waals surface area contributed by atoms with Crippen molar-refractivity contribution in [3.05, 3.63) is 64.7 Å². The Morgan fingerprint density at radius 2 is 1.81 bits per heavy atom. The molecule has 3 heteroatoms. The lowest BCUT2D eigenvalue weighted by Gasteiger charge is -2.12. The van der Waals surface area contributed by atoms with Gasteiger partial charge in [0.15, 0.2) is 0 Å². The van der Waals surface area contributed by atoms with E-state index in [1.807, 2.05) is 31.2 Å². The van der Waals surface area contributed by atoms with Gasteiger partial charge >= 0.3 is 0 Å². The Morgan fingerprint density at radius 1 is 1.05 bits per heavy atom. The van der Waals surface area contributed by atoms with Gasteiger partial charge in [-0.3, -0.25) is 9.79 Å². The van der Waals surface area contributed by atoms with E-state index in [9.17, 15) is 4.79 Å². The molecule has 0 saturated carbocycles. The van der Waals surface area contributed by atoms with Crippen molar-refractivity contribution in [3.63, 3.8) is 0 Å². The predicted molar refractivity (Wildman–Crippen MR) is 88.2 cm³/mol. The van der Waals surface area contributed by atoms with Gasteiger partial charge in [0, 0.05) is 11.1 Å². The number of anilines is 1. The van der Waals surface area contributed by atoms with Gasteiger partial charge in [0.2, 0.25) is 5.91 Å². The van der Waals surface area contributed by atoms with E-state index in [4.69, 9.17) is 0 Å². The number of aryl methyl sites for hydroxylation is 2. The Labute approximate surface area is 125 Å². The highest BCUT2D eigenvalue weighted by atomic mass is 16.1. The highest BCUT2D eigenvalue weighted by Gasteiger charge is 2.18. The fourth-order valence-corrected chi connectivity index (χ4v) is 2.46. The number of benzene rings is 2. The summed E-state index contributed by atoms with van der Waals surface area (Å²) in [5, 5.41) is 2.92. The lowest BCUT2D eigenvalue weighted by molar-refractivity contribution is -0.114. The maximum absolute atomic E-state index is 11.8. The van der Waals surface area contributed by atoms with Crippen LogP contribution in [0.5, 0.6) is 0 Å². The smallest absolute Gasteiger partial charge is 0.246 e. The van der Waals surface area contributed by atoms with E-state index in [2.05, 4.69) is 35.4 Å². The first-order valence-corrected chi connectivity index (χ1v) is 6.66. The number of nitrogens with zero attached hydrogens (tertiary/aromatic N) is 1. The van der Waals surface area contributed by atoms with Gasteiger partial charge in [-0.05, 0) is 31.5 Å². The molecule has 2 aromatic carbocycles. The Morgan fingerprint density at radius 3 is 2.57 bits per heavy atom. The van der Waals surface area contributed by atoms with Gasteiger partial charge in [-0.1, -0.05) is 43.3 Å². The molecular weight excluding hydrogens is 260 g/mol. The minimum atomic E-state index is -0.0707. The quantitative estimate of drug-likeness (QED) is 0.849. The van der Waals surface area contributed by atoms with E-state index < -0.39 is 0 Å². The number of hydrogen-bond donors (Lipinski definition) is 1. The molecule has 0 atom stereocenters. The second kappa shape index (κ2) is 5.92. The fourth-order valence-electron chi connectivity index (χ4n) is 2.46. The van der Waals surface area contributed by atoms with Gasteiger partial charge in [0.1, 0.15) is 6.54 Å². The lowest BCUT2D eigenvalue weighted by Crippen LogP contribution is -2.13. The molecule has 3 rings (SSSR count). The van der Waals surface area contributed by atoms with Crippen LogP contribution in [0.25, 0.3) is 0 Å². The van der Waals surface area contributed by atoms with E-state index in [0.717, 1.165) is 33.7 Å². The van der Waals surface area contributed by atoms with Crippen molar-refractivity contribution in [1.82, 2.24) is 0 Å². The molecule has 3 nitrogen and oxygen atoms in total. The molecule has 0 fully saturated rings. The normalized spacial score (nSPS) is 13.4. The summed E-state index contributed by atoms with van der Waals surface area (Å²) in [5.41, 5.74) is 6.11. The summed E-state index contributed by atoms with van der Waals surface area (Å²) < 4.78 is 0. The third kappa shape index (κ3) is 2.87. The Hall–Kier alpha value is -2.42. The van der Waals surface area contributed by atoms with E-state index in [0.29, 0.717) is 0 Å². The van der Waals surface area contributed by atoms with Crippen molar-refractivity contribution >= 4 is 17.3 Å². The van der Waals surface area contributed by atoms with Crippen LogP contribution in [0.2, 0.25) is 0 Å². The van der Waals surface area contributed by atoms with Crippen LogP contribution < -0.4 is 5.32 Å². The molecule has 108 valence electrons. The summed E-state index contributed by atoms with van der Waals surface area (Å²) in [5.74, 6) is -0.0707. The molecule has 2 aromatic rings. The molecule has 0 bridgehead atoms. The molecule has 1 aliphatic heterocycles. The molecular formula is C18H20N2O. The van der Waals surface area contributed by atoms with Crippen LogP contribution in [0.15, 0.2) is 47.5 Å². The van der Waals surface area contributed by atoms with Crippen molar-refractivity contribution in [2.24, 2.45) is 4.99 Å². The number of carbonyl (C=O) groups is 1. The first kappa shape index (κ1) is 15.0. The standard InChI is InChI=1S/C17H16N2O.CH4/c1-11-7-8-15-14(9-11)17(18-10-16(20)19-15)13-6-4-3-5-12(13)2;/h3-9H,10H2,1-2H3,(H,19,20);1H4. The van der Waals surface area contributed by atoms with E-state index in [-0.39, 0.29) is 19.9 Å². The molecule has 1 N–H and O–H groups in total. The van der Waals surface area contributed by atoms with Crippen LogP contribution in [0, 0.1) is 13.8 Å². The molecule has 0 aromatic heterocycles. The Kier molecular flexibility index (Phi) is 4.22. The van der Waals surface area contributed by atoms with Gasteiger partial charge in [0.05, 0.1) is 11.4 Å². The third-order valence-electron chi connectivity index (χ3n) is 3.49. The zero-order chi connectivity index (χ0) is 14.1. The van der Waals surface area contributed by atoms with Crippen LogP contribution >= 0.6 is 0 Å². The number of amides is 1. The minimum absolute atomic E-state index is 0. The van der Waals surface area contributed by atoms with Crippen molar-refractivity contribution < 1.29 is 4.79 Å². The summed E-state index contributed by atoms with van der Waals surface area (Å²) in [6.07, 6.45) is 0. The average molecular weight is 280 g/mol. The van der Waals surface area contributed by atoms with Gasteiger partial charge in [-0.15, -0.1) is 0 Å². The van der Waals surface area contributed by atoms with Gasteiger partial charge in [0.25, 0.3) is 0 Å². The summed E-state index contributed by atoms with van der Waals surface area (Å²) in [6.45, 7) is 4.27. The molecule has 21 heavy (non-hydrogen) atoms. The summed E-state index contributed by atoms with van der Waals surface area (Å²) in [7, 11) is 0. The monoisotopic (exact) mass is 280 g/mol. The van der Waals surface area contributed by atoms with Crippen LogP contribution in [-0.2, 0) is 4.79 Å². The van der Waals surface area contributed by atoms with Crippen LogP contribution in [0.3, 0.4) is 0 Å². The van der Waals surface area contributed by atoms with Crippen molar-refractivity contribution in [2.75, 3.05) is 11.9 Å². The highest BCUT2D eigenvalue weighted by Crippen LogP contribution is 2.25. The fraction of sp³-hybridized carbons (Fsp3) is 0.222. The van der Waals surface area contributed by atoms with Gasteiger partial charge in [-0.25, -0.2) is 0 Å². The van der Waals surface area contributed by atoms with Crippen LogP contribution in [-0.4, -0.2) is 18.2 Å². The zero-order valence-corrected chi connectivity index (χ0v) is 11.6. The molecule has 0 spiro atoms. The van der Waals surface area contributed by atoms with Gasteiger partial charge in [-0.2, -0.15) is 0 Å². The molecule has 0 radical (unpaired) electrons. The van der Waals surface area contributed by atoms with Gasteiger partial charge < -0.3 is 5.32 Å². The first-order valence-electron chi connectivity index (χ1n) is 6.66. The molecule has 1 aliphatic rings. The van der Waals surface area contributed by atoms with Crippen molar-refractivity contribution in [1.29, 1.82) is 0 Å². The molecule has 0 saturated heterocycles. The van der Waals surface area contributed by atoms with Crippen LogP contribution in [0.1, 0.15) is 29.7 Å². The van der Waals surface area contributed by atoms with E-state index in [1.54, 1.807) is 0 Å². The minimum Gasteiger partial charge on any atom is -0.324 e. The molecule has 1 amide bonds. The topological polar surface area (TPSA) is 41.5 Å². The Bertz CT molecular complexity index is 717. The largest absolute Gasteiger partial charge is 0.324 e. The number of fused-ring (bicyclic) bond motifs is 1. The van der Waals surface area contributed by atoms with E-state index >= 15 is 0 Å². The number of benzodiazepines with no additional fused rings is 1. The number of hydrogen-bond acceptors (Lipinski definition) is 2. The molecule has 0 unspecified atom stereocenters. The summed E-state index contributed by atoms with van der Waals surface area (Å²) in [6, 6.07) is 14.1. The number of nitrogens with one attached hydrogen (secondary N) is 1. The summed E-state index contributed by atoms with van der Waals surface area (Å²) >= 11 is 0. The van der Waals surface area contributed by atoms with Crippen molar-refractivity contribution in [2.45, 2.75) is 21.3 Å². The number of aliphatic imine (C=N–C) groups is 1. The Balaban J connectivity index is 0.00000161. The summed E-state index contributed by atoms with van der Waals surface area (Å²) in [4.78, 5) is 16.3. The first-order chi connectivity index (χ1) is 9.65. The molecule has 0 aliphatic carbocycles. The van der Waals surface area contributed by atoms with Crippen molar-refractivity contribution in [3.8, 4) is 0 Å². The predicted octanol–water partition coefficient (Wildman–Crippen LogP) is 3.73. The maximum atomic E-state index is 11.8. The highest BCUT2D eigenvalue weighted by molar-refractivity contribution is 6.19. The van der Waals surface area contributed by atoms with Crippen LogP contribution in [0.4, 0.5) is 5.69 Å². The molecule has 1 heterocycles. The third-order valence-corrected chi connectivity index (χ3v) is 3.49. The SMILES string of the molecule is C.Cc1ccc2c(c1)C(c1ccccc1C)=NCC(=O)N2. The number of rotatable bonds is 1. The average Bonchev–Trinajstić information content (AvgIpc) is 2.58.